The molecule has 5 heteroatoms. The van der Waals surface area contributed by atoms with Crippen molar-refractivity contribution in [2.75, 3.05) is 4.90 Å². The van der Waals surface area contributed by atoms with Crippen molar-refractivity contribution >= 4 is 23.3 Å². The molecule has 0 radical (unpaired) electrons. The molecule has 0 unspecified atom stereocenters. The number of ketones is 1. The molecule has 0 atom stereocenters. The Balaban J connectivity index is 1.84. The summed E-state index contributed by atoms with van der Waals surface area (Å²) in [6, 6.07) is 13.0. The van der Waals surface area contributed by atoms with E-state index in [0.717, 1.165) is 13.1 Å². The van der Waals surface area contributed by atoms with Crippen molar-refractivity contribution in [2.45, 2.75) is 20.0 Å². The molecule has 0 saturated heterocycles. The maximum atomic E-state index is 12.2. The van der Waals surface area contributed by atoms with Crippen LogP contribution in [0.3, 0.4) is 0 Å². The maximum Gasteiger partial charge on any atom is 0.208 e. The van der Waals surface area contributed by atoms with Gasteiger partial charge in [0.05, 0.1) is 16.1 Å². The van der Waals surface area contributed by atoms with Crippen LogP contribution in [0, 0.1) is 0 Å². The summed E-state index contributed by atoms with van der Waals surface area (Å²) in [5, 5.41) is 0.0317. The first-order valence-corrected chi connectivity index (χ1v) is 8.01. The molecule has 0 spiro atoms. The smallest absolute Gasteiger partial charge is 0.208 e. The Labute approximate surface area is 143 Å². The van der Waals surface area contributed by atoms with Gasteiger partial charge in [0, 0.05) is 13.1 Å². The second-order valence-corrected chi connectivity index (χ2v) is 6.34. The third kappa shape index (κ3) is 2.31. The Kier molecular flexibility index (Phi) is 3.43. The second-order valence-electron chi connectivity index (χ2n) is 5.93. The number of rotatable bonds is 2. The van der Waals surface area contributed by atoms with Gasteiger partial charge in [0.15, 0.2) is 17.4 Å². The molecule has 2 heterocycles. The lowest BCUT2D eigenvalue weighted by Gasteiger charge is -2.18. The summed E-state index contributed by atoms with van der Waals surface area (Å²) >= 11 is 5.95. The molecule has 4 nitrogen and oxygen atoms in total. The molecule has 0 saturated carbocycles. The maximum absolute atomic E-state index is 12.2. The van der Waals surface area contributed by atoms with Crippen LogP contribution < -0.4 is 10.3 Å². The van der Waals surface area contributed by atoms with Crippen molar-refractivity contribution in [3.8, 4) is 11.3 Å². The van der Waals surface area contributed by atoms with Gasteiger partial charge < -0.3 is 9.32 Å². The molecule has 1 aromatic carbocycles. The van der Waals surface area contributed by atoms with Crippen LogP contribution >= 0.6 is 11.6 Å². The molecule has 1 aromatic rings. The van der Waals surface area contributed by atoms with E-state index in [4.69, 9.17) is 16.0 Å². The van der Waals surface area contributed by atoms with E-state index in [2.05, 4.69) is 17.0 Å². The summed E-state index contributed by atoms with van der Waals surface area (Å²) in [6.45, 7) is 2.90. The van der Waals surface area contributed by atoms with Gasteiger partial charge in [-0.25, -0.2) is 0 Å². The lowest BCUT2D eigenvalue weighted by Crippen LogP contribution is -2.16. The SMILES string of the molecule is CC(=O)c1cc(Cl)c(=O)c2ccc(N3Cc4ccccc4C3)oc1-2. The molecule has 0 amide bonds. The number of carbonyl (C=O) groups is 1. The average molecular weight is 340 g/mol. The fraction of sp³-hybridized carbons (Fsp3) is 0.158. The van der Waals surface area contributed by atoms with Crippen LogP contribution in [0.15, 0.2) is 51.7 Å². The van der Waals surface area contributed by atoms with E-state index in [1.54, 1.807) is 12.1 Å². The van der Waals surface area contributed by atoms with Crippen LogP contribution in [0.4, 0.5) is 5.88 Å². The van der Waals surface area contributed by atoms with Gasteiger partial charge in [0.25, 0.3) is 0 Å². The largest absolute Gasteiger partial charge is 0.440 e. The number of nitrogens with zero attached hydrogens (tertiary/aromatic N) is 1. The summed E-state index contributed by atoms with van der Waals surface area (Å²) < 4.78 is 5.95. The normalized spacial score (nSPS) is 13.3. The Bertz CT molecular complexity index is 967. The van der Waals surface area contributed by atoms with Crippen LogP contribution in [-0.4, -0.2) is 5.78 Å². The summed E-state index contributed by atoms with van der Waals surface area (Å²) in [5.41, 5.74) is 2.83. The fourth-order valence-corrected chi connectivity index (χ4v) is 3.32. The standard InChI is InChI=1S/C19H14ClNO3/c1-11(22)15-8-16(20)18(23)14-6-7-17(24-19(14)15)21-9-12-4-2-3-5-13(12)10-21/h2-8H,9-10H2,1H3. The van der Waals surface area contributed by atoms with E-state index < -0.39 is 0 Å². The van der Waals surface area contributed by atoms with Crippen molar-refractivity contribution in [3.63, 3.8) is 0 Å². The number of Topliss-reactive ketones (excluding diaryl/α,β-unsaturated/α-hetero) is 1. The number of benzene rings is 2. The third-order valence-electron chi connectivity index (χ3n) is 4.35. The minimum Gasteiger partial charge on any atom is -0.440 e. The number of hydrogen-bond donors (Lipinski definition) is 0. The van der Waals surface area contributed by atoms with E-state index in [0.29, 0.717) is 22.8 Å². The van der Waals surface area contributed by atoms with Crippen LogP contribution in [0.1, 0.15) is 28.4 Å². The van der Waals surface area contributed by atoms with E-state index in [1.807, 2.05) is 12.1 Å². The fourth-order valence-electron chi connectivity index (χ4n) is 3.11. The van der Waals surface area contributed by atoms with E-state index in [-0.39, 0.29) is 16.2 Å². The van der Waals surface area contributed by atoms with Crippen LogP contribution in [0.5, 0.6) is 0 Å². The zero-order valence-electron chi connectivity index (χ0n) is 13.0. The van der Waals surface area contributed by atoms with Crippen molar-refractivity contribution < 1.29 is 9.21 Å². The van der Waals surface area contributed by atoms with Crippen LogP contribution in [-0.2, 0) is 13.1 Å². The molecule has 4 rings (SSSR count). The number of anilines is 1. The van der Waals surface area contributed by atoms with E-state index >= 15 is 0 Å². The minimum atomic E-state index is -0.323. The zero-order valence-corrected chi connectivity index (χ0v) is 13.8. The topological polar surface area (TPSA) is 50.5 Å². The average Bonchev–Trinajstić information content (AvgIpc) is 3.01. The molecule has 0 bridgehead atoms. The summed E-state index contributed by atoms with van der Waals surface area (Å²) in [6.07, 6.45) is 0. The van der Waals surface area contributed by atoms with Crippen LogP contribution in [0.2, 0.25) is 5.02 Å². The molecule has 0 N–H and O–H groups in total. The first-order valence-electron chi connectivity index (χ1n) is 7.63. The highest BCUT2D eigenvalue weighted by atomic mass is 35.5. The molecule has 24 heavy (non-hydrogen) atoms. The Morgan fingerprint density at radius 1 is 1.12 bits per heavy atom. The monoisotopic (exact) mass is 339 g/mol. The number of fused-ring (bicyclic) bond motifs is 2. The molecule has 3 aliphatic rings. The molecule has 0 fully saturated rings. The number of halogens is 1. The van der Waals surface area contributed by atoms with Crippen molar-refractivity contribution in [1.29, 1.82) is 0 Å². The van der Waals surface area contributed by atoms with Gasteiger partial charge in [0.2, 0.25) is 5.43 Å². The molecule has 0 aromatic heterocycles. The quantitative estimate of drug-likeness (QED) is 0.659. The molecular weight excluding hydrogens is 326 g/mol. The lowest BCUT2D eigenvalue weighted by atomic mass is 10.0. The molecule has 120 valence electrons. The summed E-state index contributed by atoms with van der Waals surface area (Å²) in [5.74, 6) is 0.737. The lowest BCUT2D eigenvalue weighted by molar-refractivity contribution is 0.101. The van der Waals surface area contributed by atoms with Crippen molar-refractivity contribution in [3.05, 3.63) is 74.4 Å². The second kappa shape index (κ2) is 5.49. The first-order chi connectivity index (χ1) is 11.5. The van der Waals surface area contributed by atoms with Gasteiger partial charge in [-0.3, -0.25) is 9.59 Å². The van der Waals surface area contributed by atoms with Gasteiger partial charge in [-0.1, -0.05) is 35.9 Å². The van der Waals surface area contributed by atoms with Gasteiger partial charge in [-0.15, -0.1) is 0 Å². The predicted molar refractivity (Wildman–Crippen MR) is 92.9 cm³/mol. The minimum absolute atomic E-state index is 0.0317. The highest BCUT2D eigenvalue weighted by molar-refractivity contribution is 6.31. The first kappa shape index (κ1) is 15.0. The van der Waals surface area contributed by atoms with Crippen LogP contribution in [0.25, 0.3) is 11.3 Å². The molecule has 2 aliphatic heterocycles. The van der Waals surface area contributed by atoms with E-state index in [9.17, 15) is 9.59 Å². The third-order valence-corrected chi connectivity index (χ3v) is 4.63. The zero-order chi connectivity index (χ0) is 16.8. The van der Waals surface area contributed by atoms with E-state index in [1.165, 1.54) is 24.1 Å². The highest BCUT2D eigenvalue weighted by Gasteiger charge is 2.24. The Hall–Kier alpha value is -2.59. The van der Waals surface area contributed by atoms with Gasteiger partial charge in [-0.2, -0.15) is 0 Å². The molecular formula is C19H14ClNO3. The summed E-state index contributed by atoms with van der Waals surface area (Å²) in [4.78, 5) is 26.2. The Morgan fingerprint density at radius 2 is 1.79 bits per heavy atom. The predicted octanol–water partition coefficient (Wildman–Crippen LogP) is 4.12. The van der Waals surface area contributed by atoms with Gasteiger partial charge in [-0.05, 0) is 36.2 Å². The highest BCUT2D eigenvalue weighted by Crippen LogP contribution is 2.34. The molecule has 1 aliphatic carbocycles. The van der Waals surface area contributed by atoms with Gasteiger partial charge in [0.1, 0.15) is 0 Å². The van der Waals surface area contributed by atoms with Crippen molar-refractivity contribution in [2.24, 2.45) is 0 Å². The number of carbonyl (C=O) groups excluding carboxylic acids is 1. The Morgan fingerprint density at radius 3 is 2.42 bits per heavy atom. The van der Waals surface area contributed by atoms with Crippen molar-refractivity contribution in [1.82, 2.24) is 0 Å². The summed E-state index contributed by atoms with van der Waals surface area (Å²) in [7, 11) is 0. The van der Waals surface area contributed by atoms with Gasteiger partial charge >= 0.3 is 0 Å². The number of hydrogen-bond acceptors (Lipinski definition) is 4.